The van der Waals surface area contributed by atoms with Crippen LogP contribution in [-0.2, 0) is 16.2 Å². The molecular weight excluding hydrogens is 672 g/mol. The molecule has 218 valence electrons. The average Bonchev–Trinajstić information content (AvgIpc) is 3.25. The summed E-state index contributed by atoms with van der Waals surface area (Å²) < 4.78 is 25.8. The van der Waals surface area contributed by atoms with Gasteiger partial charge in [-0.05, 0) is 94.9 Å². The summed E-state index contributed by atoms with van der Waals surface area (Å²) >= 11 is 2.94. The Morgan fingerprint density at radius 1 is 1.00 bits per heavy atom. The maximum atomic E-state index is 13.2. The van der Waals surface area contributed by atoms with Gasteiger partial charge < -0.3 is 19.3 Å². The molecule has 3 aromatic rings. The molecule has 0 atom stereocenters. The van der Waals surface area contributed by atoms with Crippen LogP contribution in [0.25, 0.3) is 6.08 Å². The first-order chi connectivity index (χ1) is 20.3. The van der Waals surface area contributed by atoms with Gasteiger partial charge in [0.15, 0.2) is 11.5 Å². The Hall–Kier alpha value is -3.58. The lowest BCUT2D eigenvalue weighted by Gasteiger charge is -2.36. The van der Waals surface area contributed by atoms with E-state index in [0.717, 1.165) is 31.5 Å². The first kappa shape index (κ1) is 29.9. The highest BCUT2D eigenvalue weighted by molar-refractivity contribution is 14.1. The standard InChI is InChI=1S/C31H29FIN3O5S/c1-2-40-26-17-22(16-25(33)29(26)41-20-21-8-10-23(32)11-9-21)18-27-30(38)36(31(39)42-27)19-28(37)35-14-12-34(13-15-35)24-6-4-3-5-7-24/h3-11,16-18H,2,12-15,19-20H2,1H3/b27-18+. The number of para-hydroxylation sites is 1. The Labute approximate surface area is 261 Å². The summed E-state index contributed by atoms with van der Waals surface area (Å²) in [6.07, 6.45) is 1.63. The highest BCUT2D eigenvalue weighted by Crippen LogP contribution is 2.38. The molecular formula is C31H29FIN3O5S. The van der Waals surface area contributed by atoms with Gasteiger partial charge in [0, 0.05) is 31.9 Å². The zero-order chi connectivity index (χ0) is 29.6. The number of ether oxygens (including phenoxy) is 2. The second-order valence-electron chi connectivity index (χ2n) is 9.65. The normalized spacial score (nSPS) is 16.4. The third-order valence-electron chi connectivity index (χ3n) is 6.85. The number of carbonyl (C=O) groups excluding carboxylic acids is 3. The third kappa shape index (κ3) is 7.06. The Bertz CT molecular complexity index is 1490. The van der Waals surface area contributed by atoms with E-state index in [1.54, 1.807) is 29.2 Å². The molecule has 11 heteroatoms. The molecule has 5 rings (SSSR count). The summed E-state index contributed by atoms with van der Waals surface area (Å²) in [5.41, 5.74) is 2.57. The quantitative estimate of drug-likeness (QED) is 0.207. The lowest BCUT2D eigenvalue weighted by molar-refractivity contribution is -0.136. The van der Waals surface area contributed by atoms with E-state index in [2.05, 4.69) is 27.5 Å². The van der Waals surface area contributed by atoms with Gasteiger partial charge in [0.25, 0.3) is 11.1 Å². The molecule has 3 aromatic carbocycles. The van der Waals surface area contributed by atoms with Crippen molar-refractivity contribution in [2.45, 2.75) is 13.5 Å². The van der Waals surface area contributed by atoms with E-state index in [4.69, 9.17) is 9.47 Å². The summed E-state index contributed by atoms with van der Waals surface area (Å²) in [6, 6.07) is 19.7. The SMILES string of the molecule is CCOc1cc(/C=C2/SC(=O)N(CC(=O)N3CCN(c4ccccc4)CC3)C2=O)cc(I)c1OCc1ccc(F)cc1. The molecule has 2 saturated heterocycles. The molecule has 3 amide bonds. The van der Waals surface area contributed by atoms with E-state index in [9.17, 15) is 18.8 Å². The number of hydrogen-bond donors (Lipinski definition) is 0. The Morgan fingerprint density at radius 3 is 2.40 bits per heavy atom. The molecule has 2 fully saturated rings. The largest absolute Gasteiger partial charge is 0.490 e. The zero-order valence-electron chi connectivity index (χ0n) is 22.9. The smallest absolute Gasteiger partial charge is 0.294 e. The predicted molar refractivity (Wildman–Crippen MR) is 169 cm³/mol. The summed E-state index contributed by atoms with van der Waals surface area (Å²) in [7, 11) is 0. The molecule has 0 N–H and O–H groups in total. The van der Waals surface area contributed by atoms with Crippen LogP contribution in [0.3, 0.4) is 0 Å². The van der Waals surface area contributed by atoms with E-state index in [0.29, 0.717) is 49.8 Å². The van der Waals surface area contributed by atoms with E-state index in [1.165, 1.54) is 12.1 Å². The molecule has 42 heavy (non-hydrogen) atoms. The van der Waals surface area contributed by atoms with Gasteiger partial charge in [0.2, 0.25) is 5.91 Å². The fourth-order valence-electron chi connectivity index (χ4n) is 4.69. The molecule has 0 aromatic heterocycles. The molecule has 0 bridgehead atoms. The van der Waals surface area contributed by atoms with E-state index < -0.39 is 11.1 Å². The Morgan fingerprint density at radius 2 is 1.71 bits per heavy atom. The van der Waals surface area contributed by atoms with E-state index >= 15 is 0 Å². The van der Waals surface area contributed by atoms with Crippen molar-refractivity contribution in [1.82, 2.24) is 9.80 Å². The van der Waals surface area contributed by atoms with Gasteiger partial charge in [-0.1, -0.05) is 30.3 Å². The molecule has 0 aliphatic carbocycles. The molecule has 0 unspecified atom stereocenters. The number of thioether (sulfide) groups is 1. The van der Waals surface area contributed by atoms with Gasteiger partial charge in [-0.3, -0.25) is 19.3 Å². The summed E-state index contributed by atoms with van der Waals surface area (Å²) in [5.74, 6) is -0.0390. The van der Waals surface area contributed by atoms with Crippen LogP contribution in [-0.4, -0.2) is 66.2 Å². The van der Waals surface area contributed by atoms with Crippen molar-refractivity contribution in [3.8, 4) is 11.5 Å². The topological polar surface area (TPSA) is 79.4 Å². The van der Waals surface area contributed by atoms with Crippen molar-refractivity contribution in [3.05, 3.63) is 92.1 Å². The maximum absolute atomic E-state index is 13.2. The van der Waals surface area contributed by atoms with Crippen LogP contribution in [0.2, 0.25) is 0 Å². The number of rotatable bonds is 9. The fourth-order valence-corrected chi connectivity index (χ4v) is 6.31. The van der Waals surface area contributed by atoms with Crippen molar-refractivity contribution < 1.29 is 28.2 Å². The predicted octanol–water partition coefficient (Wildman–Crippen LogP) is 5.79. The molecule has 2 aliphatic heterocycles. The minimum Gasteiger partial charge on any atom is -0.490 e. The van der Waals surface area contributed by atoms with Crippen LogP contribution in [0.15, 0.2) is 71.6 Å². The maximum Gasteiger partial charge on any atom is 0.294 e. The van der Waals surface area contributed by atoms with Gasteiger partial charge in [0.1, 0.15) is 19.0 Å². The molecule has 8 nitrogen and oxygen atoms in total. The van der Waals surface area contributed by atoms with Gasteiger partial charge >= 0.3 is 0 Å². The van der Waals surface area contributed by atoms with Crippen LogP contribution in [0.4, 0.5) is 14.9 Å². The zero-order valence-corrected chi connectivity index (χ0v) is 25.9. The number of nitrogens with zero attached hydrogens (tertiary/aromatic N) is 3. The highest BCUT2D eigenvalue weighted by Gasteiger charge is 2.37. The van der Waals surface area contributed by atoms with Gasteiger partial charge in [-0.15, -0.1) is 0 Å². The molecule has 0 saturated carbocycles. The van der Waals surface area contributed by atoms with Gasteiger partial charge in [-0.25, -0.2) is 4.39 Å². The minimum absolute atomic E-state index is 0.226. The lowest BCUT2D eigenvalue weighted by atomic mass is 10.1. The van der Waals surface area contributed by atoms with Crippen LogP contribution in [0.5, 0.6) is 11.5 Å². The second-order valence-corrected chi connectivity index (χ2v) is 11.8. The third-order valence-corrected chi connectivity index (χ3v) is 8.56. The lowest BCUT2D eigenvalue weighted by Crippen LogP contribution is -2.51. The fraction of sp³-hybridized carbons (Fsp3) is 0.258. The van der Waals surface area contributed by atoms with Crippen LogP contribution in [0.1, 0.15) is 18.1 Å². The van der Waals surface area contributed by atoms with Gasteiger partial charge in [0.05, 0.1) is 15.1 Å². The number of imide groups is 1. The van der Waals surface area contributed by atoms with Crippen molar-refractivity contribution in [2.24, 2.45) is 0 Å². The Balaban J connectivity index is 1.24. The Kier molecular flexibility index (Phi) is 9.68. The number of hydrogen-bond acceptors (Lipinski definition) is 7. The number of piperazine rings is 1. The van der Waals surface area contributed by atoms with Crippen LogP contribution in [0, 0.1) is 9.39 Å². The number of anilines is 1. The number of amides is 3. The van der Waals surface area contributed by atoms with Crippen molar-refractivity contribution >= 4 is 63.2 Å². The first-order valence-corrected chi connectivity index (χ1v) is 15.4. The minimum atomic E-state index is -0.495. The van der Waals surface area contributed by atoms with Crippen LogP contribution < -0.4 is 14.4 Å². The average molecular weight is 702 g/mol. The summed E-state index contributed by atoms with van der Waals surface area (Å²) in [5, 5.41) is -0.471. The summed E-state index contributed by atoms with van der Waals surface area (Å²) in [4.78, 5) is 44.1. The number of carbonyl (C=O) groups is 3. The molecule has 0 radical (unpaired) electrons. The van der Waals surface area contributed by atoms with Crippen molar-refractivity contribution in [2.75, 3.05) is 44.2 Å². The number of halogens is 2. The van der Waals surface area contributed by atoms with Gasteiger partial charge in [-0.2, -0.15) is 0 Å². The number of benzene rings is 3. The van der Waals surface area contributed by atoms with Crippen molar-refractivity contribution in [3.63, 3.8) is 0 Å². The first-order valence-electron chi connectivity index (χ1n) is 13.5. The molecule has 2 aliphatic rings. The van der Waals surface area contributed by atoms with Crippen LogP contribution >= 0.6 is 34.4 Å². The molecule has 2 heterocycles. The highest BCUT2D eigenvalue weighted by atomic mass is 127. The summed E-state index contributed by atoms with van der Waals surface area (Å²) in [6.45, 7) is 4.60. The second kappa shape index (κ2) is 13.6. The monoisotopic (exact) mass is 701 g/mol. The van der Waals surface area contributed by atoms with Crippen molar-refractivity contribution in [1.29, 1.82) is 0 Å². The molecule has 0 spiro atoms. The van der Waals surface area contributed by atoms with E-state index in [1.807, 2.05) is 43.3 Å². The van der Waals surface area contributed by atoms with E-state index in [-0.39, 0.29) is 29.8 Å².